The molecule has 9 nitrogen and oxygen atoms in total. The summed E-state index contributed by atoms with van der Waals surface area (Å²) in [5, 5.41) is 0. The maximum atomic E-state index is 13.5. The van der Waals surface area contributed by atoms with E-state index in [1.54, 1.807) is 47.4 Å². The summed E-state index contributed by atoms with van der Waals surface area (Å²) in [6, 6.07) is 12.6. The molecule has 1 aliphatic heterocycles. The summed E-state index contributed by atoms with van der Waals surface area (Å²) in [5.41, 5.74) is 1.42. The highest BCUT2D eigenvalue weighted by atomic mass is 16.7. The van der Waals surface area contributed by atoms with Crippen molar-refractivity contribution in [3.05, 3.63) is 71.9 Å². The molecule has 3 aromatic rings. The van der Waals surface area contributed by atoms with Crippen molar-refractivity contribution < 1.29 is 28.2 Å². The largest absolute Gasteiger partial charge is 0.467 e. The first kappa shape index (κ1) is 23.4. The number of carbonyl (C=O) groups excluding carboxylic acids is 2. The van der Waals surface area contributed by atoms with Crippen LogP contribution in [0.1, 0.15) is 28.2 Å². The van der Waals surface area contributed by atoms with Gasteiger partial charge >= 0.3 is 0 Å². The van der Waals surface area contributed by atoms with Gasteiger partial charge in [0.1, 0.15) is 12.3 Å². The summed E-state index contributed by atoms with van der Waals surface area (Å²) in [4.78, 5) is 30.1. The number of fused-ring (bicyclic) bond motifs is 1. The number of nitrogens with zero attached hydrogens (tertiary/aromatic N) is 3. The first-order valence-corrected chi connectivity index (χ1v) is 11.1. The van der Waals surface area contributed by atoms with Crippen LogP contribution < -0.4 is 9.47 Å². The van der Waals surface area contributed by atoms with Crippen LogP contribution in [0.2, 0.25) is 0 Å². The highest BCUT2D eigenvalue weighted by Gasteiger charge is 2.25. The molecule has 2 amide bonds. The molecule has 0 aliphatic carbocycles. The predicted octanol–water partition coefficient (Wildman–Crippen LogP) is 3.05. The number of methoxy groups -OCH3 is 1. The quantitative estimate of drug-likeness (QED) is 0.403. The van der Waals surface area contributed by atoms with Gasteiger partial charge in [0.2, 0.25) is 12.7 Å². The minimum atomic E-state index is -0.250. The average molecular weight is 468 g/mol. The molecule has 0 atom stereocenters. The van der Waals surface area contributed by atoms with Crippen molar-refractivity contribution in [1.82, 2.24) is 14.4 Å². The van der Waals surface area contributed by atoms with Crippen LogP contribution in [0.3, 0.4) is 0 Å². The van der Waals surface area contributed by atoms with Crippen LogP contribution in [0, 0.1) is 0 Å². The summed E-state index contributed by atoms with van der Waals surface area (Å²) in [6.45, 7) is 1.63. The molecule has 1 aromatic carbocycles. The van der Waals surface area contributed by atoms with Crippen LogP contribution in [0.4, 0.5) is 0 Å². The van der Waals surface area contributed by atoms with Crippen molar-refractivity contribution in [1.29, 1.82) is 0 Å². The lowest BCUT2D eigenvalue weighted by Crippen LogP contribution is -2.43. The Morgan fingerprint density at radius 3 is 2.65 bits per heavy atom. The number of amides is 2. The Bertz CT molecular complexity index is 1110. The van der Waals surface area contributed by atoms with E-state index < -0.39 is 0 Å². The molecule has 1 aliphatic rings. The van der Waals surface area contributed by atoms with E-state index in [9.17, 15) is 9.59 Å². The van der Waals surface area contributed by atoms with Gasteiger partial charge in [-0.3, -0.25) is 9.59 Å². The van der Waals surface area contributed by atoms with Gasteiger partial charge in [0.05, 0.1) is 19.4 Å². The van der Waals surface area contributed by atoms with Crippen LogP contribution in [0.5, 0.6) is 11.5 Å². The predicted molar refractivity (Wildman–Crippen MR) is 123 cm³/mol. The lowest BCUT2D eigenvalue weighted by atomic mass is 10.1. The monoisotopic (exact) mass is 467 g/mol. The zero-order chi connectivity index (χ0) is 23.9. The highest BCUT2D eigenvalue weighted by molar-refractivity contribution is 5.97. The zero-order valence-electron chi connectivity index (χ0n) is 19.4. The standard InChI is InChI=1S/C25H29N3O6/c1-26-10-3-6-20(26)15-28(16-21-7-4-13-32-21)24(29)17-27(11-5-12-31-2)25(30)19-8-9-22-23(14-19)34-18-33-22/h3-4,6-10,13-14H,5,11-12,15-18H2,1-2H3. The van der Waals surface area contributed by atoms with E-state index in [-0.39, 0.29) is 25.2 Å². The van der Waals surface area contributed by atoms with E-state index in [1.165, 1.54) is 0 Å². The highest BCUT2D eigenvalue weighted by Crippen LogP contribution is 2.32. The lowest BCUT2D eigenvalue weighted by Gasteiger charge is -2.27. The molecule has 0 spiro atoms. The van der Waals surface area contributed by atoms with E-state index in [4.69, 9.17) is 18.6 Å². The summed E-state index contributed by atoms with van der Waals surface area (Å²) < 4.78 is 23.4. The van der Waals surface area contributed by atoms with E-state index in [0.29, 0.717) is 55.5 Å². The number of benzene rings is 1. The fraction of sp³-hybridized carbons (Fsp3) is 0.360. The molecule has 3 heterocycles. The second-order valence-corrected chi connectivity index (χ2v) is 8.08. The van der Waals surface area contributed by atoms with Crippen molar-refractivity contribution in [3.63, 3.8) is 0 Å². The van der Waals surface area contributed by atoms with Gasteiger partial charge in [0.25, 0.3) is 5.91 Å². The van der Waals surface area contributed by atoms with Gasteiger partial charge in [0.15, 0.2) is 11.5 Å². The topological polar surface area (TPSA) is 86.4 Å². The van der Waals surface area contributed by atoms with Gasteiger partial charge in [-0.1, -0.05) is 0 Å². The maximum Gasteiger partial charge on any atom is 0.254 e. The Morgan fingerprint density at radius 1 is 1.06 bits per heavy atom. The Kier molecular flexibility index (Phi) is 7.54. The zero-order valence-corrected chi connectivity index (χ0v) is 19.4. The summed E-state index contributed by atoms with van der Waals surface area (Å²) in [5.74, 6) is 1.38. The first-order chi connectivity index (χ1) is 16.5. The van der Waals surface area contributed by atoms with Gasteiger partial charge in [-0.05, 0) is 48.9 Å². The summed E-state index contributed by atoms with van der Waals surface area (Å²) >= 11 is 0. The molecule has 0 saturated carbocycles. The molecule has 180 valence electrons. The number of furan rings is 1. The Morgan fingerprint density at radius 2 is 1.91 bits per heavy atom. The Balaban J connectivity index is 1.52. The minimum absolute atomic E-state index is 0.0673. The third-order valence-electron chi connectivity index (χ3n) is 5.69. The van der Waals surface area contributed by atoms with Gasteiger partial charge < -0.3 is 33.0 Å². The normalized spacial score (nSPS) is 12.1. The van der Waals surface area contributed by atoms with E-state index in [2.05, 4.69) is 0 Å². The molecule has 0 bridgehead atoms. The molecule has 0 N–H and O–H groups in total. The van der Waals surface area contributed by atoms with Crippen molar-refractivity contribution in [2.24, 2.45) is 7.05 Å². The van der Waals surface area contributed by atoms with Crippen LogP contribution in [-0.4, -0.2) is 59.8 Å². The molecular weight excluding hydrogens is 438 g/mol. The fourth-order valence-electron chi connectivity index (χ4n) is 3.81. The Labute approximate surface area is 198 Å². The summed E-state index contributed by atoms with van der Waals surface area (Å²) in [6.07, 6.45) is 4.13. The number of hydrogen-bond acceptors (Lipinski definition) is 6. The third-order valence-corrected chi connectivity index (χ3v) is 5.69. The average Bonchev–Trinajstić information content (AvgIpc) is 3.60. The first-order valence-electron chi connectivity index (χ1n) is 11.1. The lowest BCUT2D eigenvalue weighted by molar-refractivity contribution is -0.133. The second kappa shape index (κ2) is 10.9. The van der Waals surface area contributed by atoms with E-state index in [0.717, 1.165) is 5.69 Å². The third kappa shape index (κ3) is 5.60. The van der Waals surface area contributed by atoms with Gasteiger partial charge in [-0.2, -0.15) is 0 Å². The van der Waals surface area contributed by atoms with Crippen molar-refractivity contribution >= 4 is 11.8 Å². The van der Waals surface area contributed by atoms with Crippen LogP contribution in [0.25, 0.3) is 0 Å². The molecule has 0 saturated heterocycles. The molecule has 0 unspecified atom stereocenters. The second-order valence-electron chi connectivity index (χ2n) is 8.08. The molecule has 34 heavy (non-hydrogen) atoms. The van der Waals surface area contributed by atoms with Crippen molar-refractivity contribution in [2.75, 3.05) is 33.6 Å². The maximum absolute atomic E-state index is 13.5. The molecule has 0 fully saturated rings. The summed E-state index contributed by atoms with van der Waals surface area (Å²) in [7, 11) is 3.55. The SMILES string of the molecule is COCCCN(CC(=O)N(Cc1ccco1)Cc1cccn1C)C(=O)c1ccc2c(c1)OCO2. The van der Waals surface area contributed by atoms with Crippen LogP contribution in [-0.2, 0) is 29.7 Å². The number of aryl methyl sites for hydroxylation is 1. The van der Waals surface area contributed by atoms with Crippen LogP contribution in [0.15, 0.2) is 59.3 Å². The number of hydrogen-bond donors (Lipinski definition) is 0. The van der Waals surface area contributed by atoms with Crippen molar-refractivity contribution in [2.45, 2.75) is 19.5 Å². The van der Waals surface area contributed by atoms with Crippen molar-refractivity contribution in [3.8, 4) is 11.5 Å². The molecule has 2 aromatic heterocycles. The van der Waals surface area contributed by atoms with E-state index in [1.807, 2.05) is 36.0 Å². The molecular formula is C25H29N3O6. The fourth-order valence-corrected chi connectivity index (χ4v) is 3.81. The number of ether oxygens (including phenoxy) is 3. The van der Waals surface area contributed by atoms with Gasteiger partial charge in [0, 0.05) is 44.8 Å². The molecule has 4 rings (SSSR count). The Hall–Kier alpha value is -3.72. The number of carbonyl (C=O) groups is 2. The number of rotatable bonds is 11. The minimum Gasteiger partial charge on any atom is -0.467 e. The molecule has 9 heteroatoms. The molecule has 0 radical (unpaired) electrons. The van der Waals surface area contributed by atoms with Crippen LogP contribution >= 0.6 is 0 Å². The van der Waals surface area contributed by atoms with Gasteiger partial charge in [-0.15, -0.1) is 0 Å². The van der Waals surface area contributed by atoms with E-state index >= 15 is 0 Å². The van der Waals surface area contributed by atoms with Gasteiger partial charge in [-0.25, -0.2) is 0 Å². The smallest absolute Gasteiger partial charge is 0.254 e. The number of aromatic nitrogens is 1.